The first-order chi connectivity index (χ1) is 15.4. The third kappa shape index (κ3) is 6.28. The van der Waals surface area contributed by atoms with E-state index < -0.39 is 0 Å². The molecular weight excluding hydrogens is 384 g/mol. The summed E-state index contributed by atoms with van der Waals surface area (Å²) in [5.74, 6) is 1.35. The standard InChI is InChI=1S/C32H41/c1-7-23(3)20-31(27-16-12-25(5)13-17-27)29-10-9-11-30(22-29)32(21-24(4)8-2)28-18-14-26(6)15-19-28/h9-18,22-24H,7-8,19-21H2,1-6H3/q+1/b32-28+. The maximum atomic E-state index is 2.46. The van der Waals surface area contributed by atoms with Crippen LogP contribution in [-0.4, -0.2) is 0 Å². The minimum absolute atomic E-state index is 0.669. The van der Waals surface area contributed by atoms with Crippen molar-refractivity contribution in [1.29, 1.82) is 0 Å². The van der Waals surface area contributed by atoms with Crippen molar-refractivity contribution >= 4 is 11.1 Å². The van der Waals surface area contributed by atoms with Crippen molar-refractivity contribution in [1.82, 2.24) is 0 Å². The van der Waals surface area contributed by atoms with Crippen LogP contribution in [0.3, 0.4) is 0 Å². The number of allylic oxidation sites excluding steroid dienone is 12. The van der Waals surface area contributed by atoms with E-state index in [0.717, 1.165) is 19.3 Å². The van der Waals surface area contributed by atoms with Crippen molar-refractivity contribution in [2.75, 3.05) is 0 Å². The van der Waals surface area contributed by atoms with E-state index in [1.54, 1.807) is 0 Å². The molecule has 0 nitrogen and oxygen atoms in total. The second kappa shape index (κ2) is 11.4. The highest BCUT2D eigenvalue weighted by atomic mass is 14.2. The molecule has 2 aliphatic rings. The van der Waals surface area contributed by atoms with Crippen LogP contribution in [0.2, 0.25) is 0 Å². The minimum Gasteiger partial charge on any atom is -0.0772 e. The van der Waals surface area contributed by atoms with E-state index in [1.807, 2.05) is 0 Å². The number of hydrogen-bond acceptors (Lipinski definition) is 0. The second-order valence-electron chi connectivity index (χ2n) is 9.85. The third-order valence-electron chi connectivity index (χ3n) is 7.04. The molecule has 0 saturated heterocycles. The summed E-state index contributed by atoms with van der Waals surface area (Å²) in [4.78, 5) is 0. The first-order valence-electron chi connectivity index (χ1n) is 12.5. The summed E-state index contributed by atoms with van der Waals surface area (Å²) in [5.41, 5.74) is 11.3. The fourth-order valence-corrected chi connectivity index (χ4v) is 4.33. The van der Waals surface area contributed by atoms with Crippen molar-refractivity contribution in [3.8, 4) is 0 Å². The van der Waals surface area contributed by atoms with Crippen LogP contribution in [0.4, 0.5) is 0 Å². The molecule has 32 heavy (non-hydrogen) atoms. The van der Waals surface area contributed by atoms with Crippen LogP contribution in [0.15, 0.2) is 83.0 Å². The van der Waals surface area contributed by atoms with E-state index in [-0.39, 0.29) is 0 Å². The molecule has 1 aromatic carbocycles. The van der Waals surface area contributed by atoms with Crippen LogP contribution in [0.25, 0.3) is 11.1 Å². The van der Waals surface area contributed by atoms with Gasteiger partial charge in [-0.2, -0.15) is 0 Å². The zero-order chi connectivity index (χ0) is 23.1. The van der Waals surface area contributed by atoms with Crippen LogP contribution in [0, 0.1) is 18.3 Å². The number of rotatable bonds is 8. The van der Waals surface area contributed by atoms with Gasteiger partial charge in [0.15, 0.2) is 0 Å². The Bertz CT molecular complexity index is 909. The van der Waals surface area contributed by atoms with Crippen LogP contribution in [0.1, 0.15) is 84.8 Å². The molecule has 0 aromatic heterocycles. The zero-order valence-corrected chi connectivity index (χ0v) is 21.0. The normalized spacial score (nSPS) is 20.8. The van der Waals surface area contributed by atoms with Crippen molar-refractivity contribution < 1.29 is 0 Å². The SMILES string of the molecule is CCC(C)C/C(=C1/C=CC(C)=CC1)c1cccc(/C(CC(C)CC)=C2/C=CC(C)=C[CH+]2)c1. The highest BCUT2D eigenvalue weighted by Crippen LogP contribution is 2.36. The maximum Gasteiger partial charge on any atom is 0.0997 e. The fourth-order valence-electron chi connectivity index (χ4n) is 4.33. The van der Waals surface area contributed by atoms with Gasteiger partial charge < -0.3 is 0 Å². The molecule has 0 fully saturated rings. The van der Waals surface area contributed by atoms with Gasteiger partial charge in [0.05, 0.1) is 5.57 Å². The van der Waals surface area contributed by atoms with E-state index in [9.17, 15) is 0 Å². The molecule has 3 rings (SSSR count). The van der Waals surface area contributed by atoms with Gasteiger partial charge in [0.1, 0.15) is 0 Å². The quantitative estimate of drug-likeness (QED) is 0.364. The molecule has 0 bridgehead atoms. The smallest absolute Gasteiger partial charge is 0.0772 e. The summed E-state index contributed by atoms with van der Waals surface area (Å²) in [5, 5.41) is 0. The van der Waals surface area contributed by atoms with Gasteiger partial charge in [0.25, 0.3) is 0 Å². The van der Waals surface area contributed by atoms with Crippen molar-refractivity contribution in [3.05, 3.63) is 101 Å². The van der Waals surface area contributed by atoms with Crippen LogP contribution < -0.4 is 0 Å². The summed E-state index contributed by atoms with van der Waals surface area (Å²) in [6, 6.07) is 9.36. The van der Waals surface area contributed by atoms with E-state index in [1.165, 1.54) is 57.4 Å². The lowest BCUT2D eigenvalue weighted by atomic mass is 9.83. The molecule has 0 saturated carbocycles. The van der Waals surface area contributed by atoms with Crippen molar-refractivity contribution in [3.63, 3.8) is 0 Å². The third-order valence-corrected chi connectivity index (χ3v) is 7.04. The molecular formula is C32H41+. The van der Waals surface area contributed by atoms with Gasteiger partial charge >= 0.3 is 0 Å². The largest absolute Gasteiger partial charge is 0.0997 e. The second-order valence-corrected chi connectivity index (χ2v) is 9.85. The van der Waals surface area contributed by atoms with E-state index in [2.05, 4.69) is 109 Å². The Morgan fingerprint density at radius 2 is 1.47 bits per heavy atom. The molecule has 0 spiro atoms. The van der Waals surface area contributed by atoms with Crippen LogP contribution in [-0.2, 0) is 0 Å². The summed E-state index contributed by atoms with van der Waals surface area (Å²) in [6.07, 6.45) is 21.8. The molecule has 0 heterocycles. The minimum atomic E-state index is 0.669. The van der Waals surface area contributed by atoms with Crippen molar-refractivity contribution in [2.45, 2.75) is 73.6 Å². The molecule has 2 atom stereocenters. The lowest BCUT2D eigenvalue weighted by Crippen LogP contribution is -2.03. The first kappa shape index (κ1) is 24.2. The zero-order valence-electron chi connectivity index (χ0n) is 21.0. The molecule has 0 heteroatoms. The lowest BCUT2D eigenvalue weighted by molar-refractivity contribution is 0.578. The molecule has 2 aliphatic carbocycles. The highest BCUT2D eigenvalue weighted by molar-refractivity contribution is 5.79. The first-order valence-corrected chi connectivity index (χ1v) is 12.5. The Balaban J connectivity index is 2.06. The molecule has 2 unspecified atom stereocenters. The lowest BCUT2D eigenvalue weighted by Gasteiger charge is -2.20. The Hall–Kier alpha value is -2.47. The Kier molecular flexibility index (Phi) is 8.62. The molecule has 0 aliphatic heterocycles. The molecule has 0 amide bonds. The van der Waals surface area contributed by atoms with E-state index >= 15 is 0 Å². The predicted molar refractivity (Wildman–Crippen MR) is 143 cm³/mol. The highest BCUT2D eigenvalue weighted by Gasteiger charge is 2.20. The average molecular weight is 426 g/mol. The van der Waals surface area contributed by atoms with Crippen molar-refractivity contribution in [2.24, 2.45) is 11.8 Å². The number of hydrogen-bond donors (Lipinski definition) is 0. The molecule has 1 aromatic rings. The topological polar surface area (TPSA) is 0 Å². The van der Waals surface area contributed by atoms with Gasteiger partial charge in [-0.25, -0.2) is 0 Å². The molecule has 0 radical (unpaired) electrons. The monoisotopic (exact) mass is 425 g/mol. The van der Waals surface area contributed by atoms with E-state index in [0.29, 0.717) is 11.8 Å². The van der Waals surface area contributed by atoms with Crippen LogP contribution >= 0.6 is 0 Å². The van der Waals surface area contributed by atoms with Gasteiger partial charge in [-0.15, -0.1) is 0 Å². The van der Waals surface area contributed by atoms with Gasteiger partial charge in [-0.1, -0.05) is 76.5 Å². The average Bonchev–Trinajstić information content (AvgIpc) is 2.82. The molecule has 0 N–H and O–H groups in total. The summed E-state index contributed by atoms with van der Waals surface area (Å²) in [6.45, 7) is 13.7. The number of benzene rings is 1. The van der Waals surface area contributed by atoms with Gasteiger partial charge in [-0.3, -0.25) is 0 Å². The Labute approximate surface area is 197 Å². The summed E-state index contributed by atoms with van der Waals surface area (Å²) in [7, 11) is 0. The van der Waals surface area contributed by atoms with Gasteiger partial charge in [0, 0.05) is 47.8 Å². The fraction of sp³-hybridized carbons (Fsp3) is 0.406. The van der Waals surface area contributed by atoms with Crippen LogP contribution in [0.5, 0.6) is 0 Å². The summed E-state index contributed by atoms with van der Waals surface area (Å²) < 4.78 is 0. The van der Waals surface area contributed by atoms with E-state index in [4.69, 9.17) is 0 Å². The predicted octanol–water partition coefficient (Wildman–Crippen LogP) is 9.69. The van der Waals surface area contributed by atoms with Gasteiger partial charge in [-0.05, 0) is 67.4 Å². The Morgan fingerprint density at radius 1 is 0.844 bits per heavy atom. The summed E-state index contributed by atoms with van der Waals surface area (Å²) >= 11 is 0. The Morgan fingerprint density at radius 3 is 2.03 bits per heavy atom. The maximum absolute atomic E-state index is 2.46. The molecule has 168 valence electrons. The van der Waals surface area contributed by atoms with Gasteiger partial charge in [0.2, 0.25) is 0 Å².